The van der Waals surface area contributed by atoms with Gasteiger partial charge in [0.2, 0.25) is 0 Å². The number of nitrogens with two attached hydrogens (primary N) is 1. The van der Waals surface area contributed by atoms with Gasteiger partial charge in [-0.25, -0.2) is 13.4 Å². The Balaban J connectivity index is 2.16. The molecule has 0 aliphatic heterocycles. The molecule has 1 aliphatic carbocycles. The van der Waals surface area contributed by atoms with E-state index < -0.39 is 16.1 Å². The lowest BCUT2D eigenvalue weighted by Crippen LogP contribution is -2.48. The smallest absolute Gasteiger partial charge is 0.258 e. The van der Waals surface area contributed by atoms with Crippen LogP contribution >= 0.6 is 12.2 Å². The molecule has 21 heavy (non-hydrogen) atoms. The molecule has 1 atom stereocenters. The van der Waals surface area contributed by atoms with Crippen LogP contribution in [0.3, 0.4) is 0 Å². The fraction of sp³-hybridized carbons (Fsp3) is 0.692. The van der Waals surface area contributed by atoms with Crippen molar-refractivity contribution in [1.29, 1.82) is 0 Å². The molecule has 6 nitrogen and oxygen atoms in total. The highest BCUT2D eigenvalue weighted by molar-refractivity contribution is 7.89. The van der Waals surface area contributed by atoms with Crippen LogP contribution in [-0.2, 0) is 16.4 Å². The minimum atomic E-state index is -3.68. The fourth-order valence-corrected chi connectivity index (χ4v) is 4.29. The third kappa shape index (κ3) is 4.02. The Labute approximate surface area is 131 Å². The van der Waals surface area contributed by atoms with E-state index in [9.17, 15) is 8.42 Å². The molecule has 8 heteroatoms. The summed E-state index contributed by atoms with van der Waals surface area (Å²) in [5, 5.41) is 0.0661. The Bertz CT molecular complexity index is 591. The third-order valence-electron chi connectivity index (χ3n) is 3.94. The second kappa shape index (κ2) is 6.85. The number of nitrogens with zero attached hydrogens (tertiary/aromatic N) is 1. The number of rotatable bonds is 6. The van der Waals surface area contributed by atoms with E-state index >= 15 is 0 Å². The van der Waals surface area contributed by atoms with Crippen LogP contribution in [0.15, 0.2) is 11.2 Å². The van der Waals surface area contributed by atoms with Crippen molar-refractivity contribution < 1.29 is 8.42 Å². The quantitative estimate of drug-likeness (QED) is 0.686. The Morgan fingerprint density at radius 1 is 1.52 bits per heavy atom. The Morgan fingerprint density at radius 3 is 2.71 bits per heavy atom. The monoisotopic (exact) mass is 330 g/mol. The summed E-state index contributed by atoms with van der Waals surface area (Å²) < 4.78 is 27.5. The van der Waals surface area contributed by atoms with Gasteiger partial charge in [-0.15, -0.1) is 0 Å². The number of aryl methyl sites for hydroxylation is 1. The molecule has 2 rings (SSSR count). The molecule has 1 unspecified atom stereocenters. The van der Waals surface area contributed by atoms with E-state index in [1.165, 1.54) is 12.6 Å². The Hall–Kier alpha value is -0.990. The van der Waals surface area contributed by atoms with Gasteiger partial charge in [-0.05, 0) is 18.8 Å². The maximum Gasteiger partial charge on any atom is 0.258 e. The molecule has 0 radical (unpaired) electrons. The molecule has 118 valence electrons. The normalized spacial score (nSPS) is 18.5. The van der Waals surface area contributed by atoms with Crippen molar-refractivity contribution in [2.75, 3.05) is 0 Å². The molecule has 1 aromatic rings. The minimum Gasteiger partial charge on any atom is -0.392 e. The van der Waals surface area contributed by atoms with E-state index in [4.69, 9.17) is 18.0 Å². The molecule has 1 fully saturated rings. The summed E-state index contributed by atoms with van der Waals surface area (Å²) in [7, 11) is -3.68. The highest BCUT2D eigenvalue weighted by Gasteiger charge is 2.31. The van der Waals surface area contributed by atoms with E-state index in [0.29, 0.717) is 12.2 Å². The number of aromatic amines is 1. The van der Waals surface area contributed by atoms with E-state index in [1.54, 1.807) is 0 Å². The van der Waals surface area contributed by atoms with Crippen molar-refractivity contribution in [2.24, 2.45) is 11.7 Å². The lowest BCUT2D eigenvalue weighted by Gasteiger charge is -2.29. The first-order chi connectivity index (χ1) is 9.94. The number of aromatic nitrogens is 2. The molecule has 0 spiro atoms. The second-order valence-corrected chi connectivity index (χ2v) is 7.60. The SMILES string of the molecule is CCc1ncc(S(=O)(=O)NC(C(N)=S)C2CCCCC2)[nH]1. The molecule has 4 N–H and O–H groups in total. The van der Waals surface area contributed by atoms with Gasteiger partial charge in [-0.2, -0.15) is 4.72 Å². The number of hydrogen-bond donors (Lipinski definition) is 3. The zero-order chi connectivity index (χ0) is 15.5. The lowest BCUT2D eigenvalue weighted by atomic mass is 9.84. The molecule has 0 aromatic carbocycles. The zero-order valence-electron chi connectivity index (χ0n) is 12.1. The maximum atomic E-state index is 12.4. The van der Waals surface area contributed by atoms with Crippen LogP contribution in [0.4, 0.5) is 0 Å². The van der Waals surface area contributed by atoms with Gasteiger partial charge in [-0.1, -0.05) is 38.4 Å². The van der Waals surface area contributed by atoms with Crippen LogP contribution in [0, 0.1) is 5.92 Å². The van der Waals surface area contributed by atoms with Gasteiger partial charge in [0.05, 0.1) is 17.2 Å². The average molecular weight is 330 g/mol. The standard InChI is InChI=1S/C13H22N4O2S2/c1-2-10-15-8-11(16-10)21(18,19)17-12(13(14)20)9-6-4-3-5-7-9/h8-9,12,17H,2-7H2,1H3,(H2,14,20)(H,15,16). The van der Waals surface area contributed by atoms with Gasteiger partial charge in [-0.3, -0.25) is 0 Å². The summed E-state index contributed by atoms with van der Waals surface area (Å²) in [6.45, 7) is 1.91. The first kappa shape index (κ1) is 16.4. The zero-order valence-corrected chi connectivity index (χ0v) is 13.8. The van der Waals surface area contributed by atoms with Gasteiger partial charge in [0.1, 0.15) is 5.82 Å². The van der Waals surface area contributed by atoms with Gasteiger partial charge < -0.3 is 10.7 Å². The number of nitrogens with one attached hydrogen (secondary N) is 2. The van der Waals surface area contributed by atoms with Gasteiger partial charge in [0.15, 0.2) is 5.03 Å². The molecule has 1 aromatic heterocycles. The molecule has 0 bridgehead atoms. The average Bonchev–Trinajstić information content (AvgIpc) is 2.95. The lowest BCUT2D eigenvalue weighted by molar-refractivity contribution is 0.330. The molecule has 1 saturated carbocycles. The Morgan fingerprint density at radius 2 is 2.19 bits per heavy atom. The summed E-state index contributed by atoms with van der Waals surface area (Å²) >= 11 is 5.07. The topological polar surface area (TPSA) is 101 Å². The van der Waals surface area contributed by atoms with E-state index in [0.717, 1.165) is 25.7 Å². The fourth-order valence-electron chi connectivity index (χ4n) is 2.74. The van der Waals surface area contributed by atoms with Crippen LogP contribution in [-0.4, -0.2) is 29.4 Å². The van der Waals surface area contributed by atoms with E-state index in [1.807, 2.05) is 6.92 Å². The summed E-state index contributed by atoms with van der Waals surface area (Å²) in [5.74, 6) is 0.819. The predicted octanol–water partition coefficient (Wildman–Crippen LogP) is 1.49. The highest BCUT2D eigenvalue weighted by atomic mass is 32.2. The second-order valence-electron chi connectivity index (χ2n) is 5.45. The number of H-pyrrole nitrogens is 1. The van der Waals surface area contributed by atoms with Crippen molar-refractivity contribution in [3.63, 3.8) is 0 Å². The summed E-state index contributed by atoms with van der Waals surface area (Å²) in [5.41, 5.74) is 5.76. The van der Waals surface area contributed by atoms with Gasteiger partial charge in [0.25, 0.3) is 10.0 Å². The summed E-state index contributed by atoms with van der Waals surface area (Å²) in [4.78, 5) is 7.04. The van der Waals surface area contributed by atoms with Crippen LogP contribution in [0.5, 0.6) is 0 Å². The molecule has 1 aliphatic rings. The maximum absolute atomic E-state index is 12.4. The first-order valence-corrected chi connectivity index (χ1v) is 9.18. The third-order valence-corrected chi connectivity index (χ3v) is 5.54. The molecule has 0 amide bonds. The Kier molecular flexibility index (Phi) is 5.34. The number of imidazole rings is 1. The molecule has 1 heterocycles. The van der Waals surface area contributed by atoms with Crippen molar-refractivity contribution in [3.05, 3.63) is 12.0 Å². The predicted molar refractivity (Wildman–Crippen MR) is 85.4 cm³/mol. The van der Waals surface area contributed by atoms with Crippen molar-refractivity contribution in [3.8, 4) is 0 Å². The number of sulfonamides is 1. The summed E-state index contributed by atoms with van der Waals surface area (Å²) in [6, 6.07) is -0.487. The van der Waals surface area contributed by atoms with Crippen LogP contribution in [0.1, 0.15) is 44.9 Å². The van der Waals surface area contributed by atoms with Crippen LogP contribution in [0.25, 0.3) is 0 Å². The van der Waals surface area contributed by atoms with E-state index in [2.05, 4.69) is 14.7 Å². The number of hydrogen-bond acceptors (Lipinski definition) is 4. The first-order valence-electron chi connectivity index (χ1n) is 7.29. The van der Waals surface area contributed by atoms with Crippen LogP contribution in [0.2, 0.25) is 0 Å². The van der Waals surface area contributed by atoms with Gasteiger partial charge >= 0.3 is 0 Å². The molecule has 0 saturated heterocycles. The summed E-state index contributed by atoms with van der Waals surface area (Å²) in [6.07, 6.45) is 7.26. The van der Waals surface area contributed by atoms with Crippen molar-refractivity contribution >= 4 is 27.2 Å². The highest BCUT2D eigenvalue weighted by Crippen LogP contribution is 2.27. The van der Waals surface area contributed by atoms with Gasteiger partial charge in [0, 0.05) is 6.42 Å². The van der Waals surface area contributed by atoms with Crippen molar-refractivity contribution in [1.82, 2.24) is 14.7 Å². The van der Waals surface area contributed by atoms with E-state index in [-0.39, 0.29) is 15.9 Å². The molecular weight excluding hydrogens is 308 g/mol. The van der Waals surface area contributed by atoms with Crippen LogP contribution < -0.4 is 10.5 Å². The largest absolute Gasteiger partial charge is 0.392 e. The number of thiocarbonyl (C=S) groups is 1. The minimum absolute atomic E-state index is 0.0661. The van der Waals surface area contributed by atoms with Crippen molar-refractivity contribution in [2.45, 2.75) is 56.5 Å². The molecular formula is C13H22N4O2S2.